The number of rotatable bonds is 1. The monoisotopic (exact) mass is 123 g/mol. The van der Waals surface area contributed by atoms with Crippen LogP contribution in [0.1, 0.15) is 6.42 Å². The average molecular weight is 123 g/mol. The number of ether oxygens (including phenoxy) is 1. The molecule has 48 valence electrons. The molecule has 0 saturated heterocycles. The zero-order valence-corrected chi connectivity index (χ0v) is 5.42. The lowest BCUT2D eigenvalue weighted by Crippen LogP contribution is -1.92. The molecule has 0 aromatic carbocycles. The second kappa shape index (κ2) is 2.49. The van der Waals surface area contributed by atoms with E-state index >= 15 is 0 Å². The van der Waals surface area contributed by atoms with E-state index in [9.17, 15) is 0 Å². The third-order valence-corrected chi connectivity index (χ3v) is 1.12. The van der Waals surface area contributed by atoms with E-state index in [1.54, 1.807) is 13.3 Å². The first-order valence-corrected chi connectivity index (χ1v) is 2.79. The first-order chi connectivity index (χ1) is 4.33. The fourth-order valence-corrected chi connectivity index (χ4v) is 0.615. The van der Waals surface area contributed by atoms with Gasteiger partial charge >= 0.3 is 0 Å². The fraction of sp³-hybridized carbons (Fsp3) is 0.286. The van der Waals surface area contributed by atoms with Gasteiger partial charge in [-0.05, 0) is 18.1 Å². The summed E-state index contributed by atoms with van der Waals surface area (Å²) in [5, 5.41) is 0. The summed E-state index contributed by atoms with van der Waals surface area (Å²) in [5.41, 5.74) is 1.02. The second-order valence-electron chi connectivity index (χ2n) is 1.87. The Labute approximate surface area is 54.6 Å². The van der Waals surface area contributed by atoms with E-state index in [1.807, 2.05) is 6.08 Å². The Hall–Kier alpha value is -1.05. The molecule has 9 heavy (non-hydrogen) atoms. The molecule has 1 aliphatic rings. The molecule has 0 unspecified atom stereocenters. The largest absolute Gasteiger partial charge is 0.481 e. The second-order valence-corrected chi connectivity index (χ2v) is 1.87. The first-order valence-electron chi connectivity index (χ1n) is 2.79. The van der Waals surface area contributed by atoms with E-state index in [2.05, 4.69) is 11.6 Å². The van der Waals surface area contributed by atoms with Gasteiger partial charge in [0.1, 0.15) is 0 Å². The van der Waals surface area contributed by atoms with Crippen LogP contribution in [0, 0.1) is 0 Å². The van der Waals surface area contributed by atoms with Crippen molar-refractivity contribution in [1.29, 1.82) is 0 Å². The Morgan fingerprint density at radius 3 is 3.00 bits per heavy atom. The lowest BCUT2D eigenvalue weighted by Gasteiger charge is -2.04. The third-order valence-electron chi connectivity index (χ3n) is 1.12. The van der Waals surface area contributed by atoms with Crippen LogP contribution in [0.4, 0.5) is 0 Å². The SMILES string of the molecule is C=C1C=NC(OC)=CC1. The van der Waals surface area contributed by atoms with Gasteiger partial charge in [0.05, 0.1) is 7.11 Å². The Morgan fingerprint density at radius 2 is 2.56 bits per heavy atom. The van der Waals surface area contributed by atoms with Gasteiger partial charge in [-0.3, -0.25) is 0 Å². The molecule has 0 fully saturated rings. The molecule has 1 heterocycles. The van der Waals surface area contributed by atoms with Crippen LogP contribution in [0.2, 0.25) is 0 Å². The molecule has 0 spiro atoms. The van der Waals surface area contributed by atoms with Crippen molar-refractivity contribution in [3.8, 4) is 0 Å². The fourth-order valence-electron chi connectivity index (χ4n) is 0.615. The standard InChI is InChI=1S/C7H9NO/c1-6-3-4-7(9-2)8-5-6/h4-5H,1,3H2,2H3. The third kappa shape index (κ3) is 1.42. The number of nitrogens with zero attached hydrogens (tertiary/aromatic N) is 1. The van der Waals surface area contributed by atoms with Crippen molar-refractivity contribution in [2.75, 3.05) is 7.11 Å². The maximum Gasteiger partial charge on any atom is 0.209 e. The molecule has 1 aliphatic heterocycles. The van der Waals surface area contributed by atoms with E-state index in [0.29, 0.717) is 5.88 Å². The van der Waals surface area contributed by atoms with E-state index in [0.717, 1.165) is 12.0 Å². The highest BCUT2D eigenvalue weighted by molar-refractivity contribution is 5.79. The number of allylic oxidation sites excluding steroid dienone is 2. The van der Waals surface area contributed by atoms with E-state index < -0.39 is 0 Å². The molecule has 0 radical (unpaired) electrons. The summed E-state index contributed by atoms with van der Waals surface area (Å²) in [6.07, 6.45) is 4.48. The van der Waals surface area contributed by atoms with Gasteiger partial charge in [0.25, 0.3) is 0 Å². The van der Waals surface area contributed by atoms with E-state index in [-0.39, 0.29) is 0 Å². The van der Waals surface area contributed by atoms with Crippen LogP contribution in [-0.2, 0) is 4.74 Å². The highest BCUT2D eigenvalue weighted by Crippen LogP contribution is 2.09. The van der Waals surface area contributed by atoms with Gasteiger partial charge in [-0.25, -0.2) is 4.99 Å². The molecule has 0 aliphatic carbocycles. The maximum atomic E-state index is 4.86. The van der Waals surface area contributed by atoms with Crippen LogP contribution in [0.5, 0.6) is 0 Å². The van der Waals surface area contributed by atoms with Gasteiger partial charge in [-0.2, -0.15) is 0 Å². The molecule has 0 amide bonds. The molecule has 0 bridgehead atoms. The number of aliphatic imine (C=N–C) groups is 1. The summed E-state index contributed by atoms with van der Waals surface area (Å²) in [4.78, 5) is 3.94. The molecular weight excluding hydrogens is 114 g/mol. The number of methoxy groups -OCH3 is 1. The van der Waals surface area contributed by atoms with Gasteiger partial charge in [-0.15, -0.1) is 0 Å². The van der Waals surface area contributed by atoms with Crippen molar-refractivity contribution in [2.24, 2.45) is 4.99 Å². The molecule has 0 aromatic heterocycles. The smallest absolute Gasteiger partial charge is 0.209 e. The lowest BCUT2D eigenvalue weighted by molar-refractivity contribution is 0.287. The topological polar surface area (TPSA) is 21.6 Å². The van der Waals surface area contributed by atoms with Gasteiger partial charge in [0.15, 0.2) is 0 Å². The van der Waals surface area contributed by atoms with Crippen molar-refractivity contribution in [2.45, 2.75) is 6.42 Å². The van der Waals surface area contributed by atoms with Crippen molar-refractivity contribution in [3.05, 3.63) is 24.1 Å². The van der Waals surface area contributed by atoms with Crippen LogP contribution >= 0.6 is 0 Å². The van der Waals surface area contributed by atoms with E-state index in [4.69, 9.17) is 4.74 Å². The predicted octanol–water partition coefficient (Wildman–Crippen LogP) is 1.50. The quantitative estimate of drug-likeness (QED) is 0.517. The minimum absolute atomic E-state index is 0.683. The zero-order chi connectivity index (χ0) is 6.69. The molecule has 0 aromatic rings. The van der Waals surface area contributed by atoms with Crippen LogP contribution in [0.3, 0.4) is 0 Å². The van der Waals surface area contributed by atoms with E-state index in [1.165, 1.54) is 0 Å². The van der Waals surface area contributed by atoms with Gasteiger partial charge in [-0.1, -0.05) is 6.58 Å². The van der Waals surface area contributed by atoms with Crippen molar-refractivity contribution >= 4 is 6.21 Å². The summed E-state index contributed by atoms with van der Waals surface area (Å²) >= 11 is 0. The van der Waals surface area contributed by atoms with Gasteiger partial charge in [0, 0.05) is 6.21 Å². The zero-order valence-electron chi connectivity index (χ0n) is 5.42. The first kappa shape index (κ1) is 6.08. The molecule has 2 nitrogen and oxygen atoms in total. The molecule has 2 heteroatoms. The van der Waals surface area contributed by atoms with Crippen molar-refractivity contribution < 1.29 is 4.74 Å². The van der Waals surface area contributed by atoms with Crippen LogP contribution in [-0.4, -0.2) is 13.3 Å². The lowest BCUT2D eigenvalue weighted by atomic mass is 10.2. The number of hydrogen-bond donors (Lipinski definition) is 0. The molecule has 0 saturated carbocycles. The summed E-state index contributed by atoms with van der Waals surface area (Å²) in [6.45, 7) is 3.73. The van der Waals surface area contributed by atoms with Gasteiger partial charge < -0.3 is 4.74 Å². The van der Waals surface area contributed by atoms with Crippen molar-refractivity contribution in [3.63, 3.8) is 0 Å². The summed E-state index contributed by atoms with van der Waals surface area (Å²) in [5.74, 6) is 0.683. The highest BCUT2D eigenvalue weighted by atomic mass is 16.5. The Balaban J connectivity index is 2.63. The maximum absolute atomic E-state index is 4.86. The molecule has 0 atom stereocenters. The molecule has 0 N–H and O–H groups in total. The van der Waals surface area contributed by atoms with Crippen LogP contribution < -0.4 is 0 Å². The summed E-state index contributed by atoms with van der Waals surface area (Å²) < 4.78 is 4.86. The molecular formula is C7H9NO. The minimum atomic E-state index is 0.683. The average Bonchev–Trinajstić information content (AvgIpc) is 1.90. The summed E-state index contributed by atoms with van der Waals surface area (Å²) in [7, 11) is 1.61. The summed E-state index contributed by atoms with van der Waals surface area (Å²) in [6, 6.07) is 0. The highest BCUT2D eigenvalue weighted by Gasteiger charge is 1.97. The van der Waals surface area contributed by atoms with Crippen molar-refractivity contribution in [1.82, 2.24) is 0 Å². The Kier molecular flexibility index (Phi) is 1.68. The number of hydrogen-bond acceptors (Lipinski definition) is 2. The molecule has 1 rings (SSSR count). The van der Waals surface area contributed by atoms with Crippen LogP contribution in [0.15, 0.2) is 29.1 Å². The normalized spacial score (nSPS) is 17.4. The van der Waals surface area contributed by atoms with Crippen LogP contribution in [0.25, 0.3) is 0 Å². The predicted molar refractivity (Wildman–Crippen MR) is 37.3 cm³/mol. The Bertz CT molecular complexity index is 179. The Morgan fingerprint density at radius 1 is 1.78 bits per heavy atom. The van der Waals surface area contributed by atoms with Gasteiger partial charge in [0.2, 0.25) is 5.88 Å². The minimum Gasteiger partial charge on any atom is -0.481 e.